The van der Waals surface area contributed by atoms with E-state index in [4.69, 9.17) is 16.3 Å². The summed E-state index contributed by atoms with van der Waals surface area (Å²) in [7, 11) is 0. The maximum Gasteiger partial charge on any atom is 0.319 e. The Kier molecular flexibility index (Phi) is 8.78. The van der Waals surface area contributed by atoms with Crippen LogP contribution in [0.5, 0.6) is 0 Å². The maximum absolute atomic E-state index is 12.3. The minimum absolute atomic E-state index is 0.0390. The van der Waals surface area contributed by atoms with Gasteiger partial charge in [0.25, 0.3) is 0 Å². The van der Waals surface area contributed by atoms with Crippen molar-refractivity contribution in [3.05, 3.63) is 29.3 Å². The molecule has 2 fully saturated rings. The lowest BCUT2D eigenvalue weighted by Gasteiger charge is -2.36. The highest BCUT2D eigenvalue weighted by molar-refractivity contribution is 6.30. The van der Waals surface area contributed by atoms with E-state index in [1.54, 1.807) is 24.3 Å². The molecule has 0 bridgehead atoms. The quantitative estimate of drug-likeness (QED) is 0.524. The molecule has 1 aliphatic carbocycles. The van der Waals surface area contributed by atoms with Crippen LogP contribution >= 0.6 is 11.6 Å². The van der Waals surface area contributed by atoms with Crippen molar-refractivity contribution in [2.24, 2.45) is 5.92 Å². The number of ether oxygens (including phenoxy) is 1. The van der Waals surface area contributed by atoms with E-state index >= 15 is 0 Å². The number of halogens is 1. The average molecular weight is 438 g/mol. The maximum atomic E-state index is 12.3. The van der Waals surface area contributed by atoms with E-state index in [1.165, 1.54) is 6.42 Å². The van der Waals surface area contributed by atoms with Gasteiger partial charge in [-0.25, -0.2) is 4.79 Å². The lowest BCUT2D eigenvalue weighted by Crippen LogP contribution is -2.52. The molecule has 4 N–H and O–H groups in total. The fourth-order valence-electron chi connectivity index (χ4n) is 4.28. The Balaban J connectivity index is 1.39. The zero-order valence-corrected chi connectivity index (χ0v) is 18.0. The van der Waals surface area contributed by atoms with Crippen LogP contribution in [0.25, 0.3) is 0 Å². The molecular formula is C22H32ClN3O4. The molecule has 0 unspecified atom stereocenters. The highest BCUT2D eigenvalue weighted by atomic mass is 35.5. The largest absolute Gasteiger partial charge is 0.394 e. The first kappa shape index (κ1) is 22.8. The minimum Gasteiger partial charge on any atom is -0.394 e. The van der Waals surface area contributed by atoms with Gasteiger partial charge in [0.15, 0.2) is 0 Å². The van der Waals surface area contributed by atoms with Crippen LogP contribution in [0, 0.1) is 5.92 Å². The van der Waals surface area contributed by atoms with Gasteiger partial charge < -0.3 is 25.8 Å². The number of carbonyl (C=O) groups excluding carboxylic acids is 2. The summed E-state index contributed by atoms with van der Waals surface area (Å²) in [4.78, 5) is 24.5. The van der Waals surface area contributed by atoms with Gasteiger partial charge in [0.05, 0.1) is 18.8 Å². The number of urea groups is 1. The first-order chi connectivity index (χ1) is 14.5. The SMILES string of the molecule is O=C(Nc1cccc(Cl)c1)N[C@H]1CC[C@H](CCNC(=O)C2CCCCC2)O[C@H]1CO. The van der Waals surface area contributed by atoms with Crippen molar-refractivity contribution in [2.75, 3.05) is 18.5 Å². The lowest BCUT2D eigenvalue weighted by molar-refractivity contribution is -0.126. The summed E-state index contributed by atoms with van der Waals surface area (Å²) >= 11 is 5.94. The second-order valence-corrected chi connectivity index (χ2v) is 8.62. The van der Waals surface area contributed by atoms with E-state index in [9.17, 15) is 14.7 Å². The van der Waals surface area contributed by atoms with Gasteiger partial charge in [0, 0.05) is 23.2 Å². The molecule has 0 radical (unpaired) electrons. The van der Waals surface area contributed by atoms with Gasteiger partial charge in [-0.15, -0.1) is 0 Å². The number of nitrogens with one attached hydrogen (secondary N) is 3. The molecule has 7 nitrogen and oxygen atoms in total. The van der Waals surface area contributed by atoms with Crippen molar-refractivity contribution in [1.29, 1.82) is 0 Å². The normalized spacial score (nSPS) is 24.8. The van der Waals surface area contributed by atoms with Crippen LogP contribution in [0.2, 0.25) is 5.02 Å². The summed E-state index contributed by atoms with van der Waals surface area (Å²) in [5.74, 6) is 0.309. The van der Waals surface area contributed by atoms with Crippen LogP contribution < -0.4 is 16.0 Å². The molecule has 1 heterocycles. The molecule has 1 aromatic rings. The molecule has 3 atom stereocenters. The third kappa shape index (κ3) is 6.86. The van der Waals surface area contributed by atoms with Crippen LogP contribution in [0.3, 0.4) is 0 Å². The lowest BCUT2D eigenvalue weighted by atomic mass is 9.88. The smallest absolute Gasteiger partial charge is 0.319 e. The molecule has 30 heavy (non-hydrogen) atoms. The predicted molar refractivity (Wildman–Crippen MR) is 117 cm³/mol. The van der Waals surface area contributed by atoms with E-state index in [0.717, 1.165) is 32.1 Å². The fraction of sp³-hybridized carbons (Fsp3) is 0.636. The second-order valence-electron chi connectivity index (χ2n) is 8.19. The molecule has 1 aliphatic heterocycles. The van der Waals surface area contributed by atoms with Gasteiger partial charge >= 0.3 is 6.03 Å². The Bertz CT molecular complexity index is 711. The summed E-state index contributed by atoms with van der Waals surface area (Å²) in [6.07, 6.45) is 7.15. The summed E-state index contributed by atoms with van der Waals surface area (Å²) in [5.41, 5.74) is 0.601. The molecule has 2 aliphatic rings. The molecule has 1 saturated carbocycles. The molecule has 166 valence electrons. The van der Waals surface area contributed by atoms with Gasteiger partial charge in [-0.1, -0.05) is 36.9 Å². The first-order valence-corrected chi connectivity index (χ1v) is 11.3. The van der Waals surface area contributed by atoms with E-state index in [2.05, 4.69) is 16.0 Å². The topological polar surface area (TPSA) is 99.7 Å². The summed E-state index contributed by atoms with van der Waals surface area (Å²) in [6.45, 7) is 0.401. The Morgan fingerprint density at radius 2 is 1.93 bits per heavy atom. The van der Waals surface area contributed by atoms with E-state index in [-0.39, 0.29) is 36.6 Å². The first-order valence-electron chi connectivity index (χ1n) is 10.9. The van der Waals surface area contributed by atoms with Crippen molar-refractivity contribution < 1.29 is 19.4 Å². The summed E-state index contributed by atoms with van der Waals surface area (Å²) < 4.78 is 5.98. The minimum atomic E-state index is -0.470. The Labute approximate surface area is 182 Å². The molecular weight excluding hydrogens is 406 g/mol. The zero-order chi connectivity index (χ0) is 21.3. The summed E-state index contributed by atoms with van der Waals surface area (Å²) in [6, 6.07) is 6.28. The number of rotatable bonds is 7. The Hall–Kier alpha value is -1.83. The molecule has 8 heteroatoms. The van der Waals surface area contributed by atoms with Crippen LogP contribution in [-0.2, 0) is 9.53 Å². The molecule has 1 aromatic carbocycles. The highest BCUT2D eigenvalue weighted by Gasteiger charge is 2.32. The molecule has 3 rings (SSSR count). The average Bonchev–Trinajstić information content (AvgIpc) is 2.75. The number of aliphatic hydroxyl groups is 1. The van der Waals surface area contributed by atoms with Crippen molar-refractivity contribution in [3.8, 4) is 0 Å². The van der Waals surface area contributed by atoms with E-state index in [0.29, 0.717) is 30.1 Å². The second kappa shape index (κ2) is 11.5. The number of benzene rings is 1. The van der Waals surface area contributed by atoms with Crippen LogP contribution in [0.4, 0.5) is 10.5 Å². The van der Waals surface area contributed by atoms with Crippen LogP contribution in [0.1, 0.15) is 51.4 Å². The molecule has 0 spiro atoms. The van der Waals surface area contributed by atoms with E-state index < -0.39 is 6.10 Å². The number of aliphatic hydroxyl groups excluding tert-OH is 1. The molecule has 0 aromatic heterocycles. The molecule has 1 saturated heterocycles. The van der Waals surface area contributed by atoms with Gasteiger partial charge in [-0.3, -0.25) is 4.79 Å². The van der Waals surface area contributed by atoms with E-state index in [1.807, 2.05) is 0 Å². The number of anilines is 1. The number of hydrogen-bond acceptors (Lipinski definition) is 4. The number of amides is 3. The van der Waals surface area contributed by atoms with Crippen molar-refractivity contribution in [3.63, 3.8) is 0 Å². The third-order valence-corrected chi connectivity index (χ3v) is 6.17. The zero-order valence-electron chi connectivity index (χ0n) is 17.2. The van der Waals surface area contributed by atoms with Gasteiger partial charge in [-0.2, -0.15) is 0 Å². The van der Waals surface area contributed by atoms with Gasteiger partial charge in [0.2, 0.25) is 5.91 Å². The Morgan fingerprint density at radius 1 is 1.13 bits per heavy atom. The number of hydrogen-bond donors (Lipinski definition) is 4. The third-order valence-electron chi connectivity index (χ3n) is 5.94. The number of carbonyl (C=O) groups is 2. The van der Waals surface area contributed by atoms with Crippen molar-refractivity contribution in [1.82, 2.24) is 10.6 Å². The van der Waals surface area contributed by atoms with Crippen molar-refractivity contribution >= 4 is 29.2 Å². The van der Waals surface area contributed by atoms with Gasteiger partial charge in [0.1, 0.15) is 6.10 Å². The van der Waals surface area contributed by atoms with Gasteiger partial charge in [-0.05, 0) is 50.3 Å². The monoisotopic (exact) mass is 437 g/mol. The fourth-order valence-corrected chi connectivity index (χ4v) is 4.47. The predicted octanol–water partition coefficient (Wildman–Crippen LogP) is 3.46. The molecule has 3 amide bonds. The van der Waals surface area contributed by atoms with Crippen molar-refractivity contribution in [2.45, 2.75) is 69.6 Å². The summed E-state index contributed by atoms with van der Waals surface area (Å²) in [5, 5.41) is 18.9. The van der Waals surface area contributed by atoms with Crippen LogP contribution in [0.15, 0.2) is 24.3 Å². The van der Waals surface area contributed by atoms with Crippen LogP contribution in [-0.4, -0.2) is 48.4 Å². The highest BCUT2D eigenvalue weighted by Crippen LogP contribution is 2.24. The Morgan fingerprint density at radius 3 is 2.67 bits per heavy atom. The standard InChI is InChI=1S/C22H32ClN3O4/c23-16-7-4-8-17(13-16)25-22(29)26-19-10-9-18(30-20(19)14-27)11-12-24-21(28)15-5-2-1-3-6-15/h4,7-8,13,15,18-20,27H,1-3,5-6,9-12,14H2,(H,24,28)(H2,25,26,29)/t18-,19+,20+/m1/s1.